The van der Waals surface area contributed by atoms with Gasteiger partial charge in [-0.1, -0.05) is 36.4 Å². The SMILES string of the molecule is COc1ccc2ccccc2c1CN1CCOc2c(O)cc(-c3cccs3)cc2C1. The lowest BCUT2D eigenvalue weighted by Gasteiger charge is -2.22. The molecule has 0 saturated carbocycles. The number of phenols is 1. The fraction of sp³-hybridized carbons (Fsp3) is 0.200. The Kier molecular flexibility index (Phi) is 5.07. The van der Waals surface area contributed by atoms with Crippen LogP contribution >= 0.6 is 11.3 Å². The first kappa shape index (κ1) is 19.0. The lowest BCUT2D eigenvalue weighted by Crippen LogP contribution is -2.25. The van der Waals surface area contributed by atoms with Crippen molar-refractivity contribution < 1.29 is 14.6 Å². The molecule has 0 radical (unpaired) electrons. The van der Waals surface area contributed by atoms with E-state index >= 15 is 0 Å². The van der Waals surface area contributed by atoms with Crippen molar-refractivity contribution in [2.24, 2.45) is 0 Å². The van der Waals surface area contributed by atoms with Gasteiger partial charge in [0.05, 0.1) is 7.11 Å². The van der Waals surface area contributed by atoms with Crippen LogP contribution in [0, 0.1) is 0 Å². The lowest BCUT2D eigenvalue weighted by molar-refractivity contribution is 0.216. The van der Waals surface area contributed by atoms with Crippen molar-refractivity contribution in [3.05, 3.63) is 77.2 Å². The molecule has 0 spiro atoms. The number of phenolic OH excluding ortho intramolecular Hbond substituents is 1. The minimum Gasteiger partial charge on any atom is -0.504 e. The summed E-state index contributed by atoms with van der Waals surface area (Å²) in [7, 11) is 1.72. The second-order valence-corrected chi connectivity index (χ2v) is 8.44. The van der Waals surface area contributed by atoms with E-state index in [9.17, 15) is 5.11 Å². The average molecular weight is 418 g/mol. The Bertz CT molecular complexity index is 1190. The van der Waals surface area contributed by atoms with Gasteiger partial charge in [0.15, 0.2) is 11.5 Å². The van der Waals surface area contributed by atoms with Crippen LogP contribution in [0.3, 0.4) is 0 Å². The number of nitrogens with zero attached hydrogens (tertiary/aromatic N) is 1. The summed E-state index contributed by atoms with van der Waals surface area (Å²) < 4.78 is 11.6. The first-order valence-corrected chi connectivity index (χ1v) is 10.9. The molecule has 5 heteroatoms. The van der Waals surface area contributed by atoms with Gasteiger partial charge in [-0.2, -0.15) is 0 Å². The second-order valence-electron chi connectivity index (χ2n) is 7.49. The third-order valence-corrected chi connectivity index (χ3v) is 6.52. The van der Waals surface area contributed by atoms with Crippen LogP contribution in [0.25, 0.3) is 21.2 Å². The molecule has 30 heavy (non-hydrogen) atoms. The average Bonchev–Trinajstić information content (AvgIpc) is 3.22. The number of ether oxygens (including phenoxy) is 2. The molecule has 0 amide bonds. The van der Waals surface area contributed by atoms with E-state index in [1.807, 2.05) is 17.5 Å². The first-order valence-electron chi connectivity index (χ1n) is 10.0. The van der Waals surface area contributed by atoms with Crippen molar-refractivity contribution in [3.8, 4) is 27.7 Å². The summed E-state index contributed by atoms with van der Waals surface area (Å²) in [6, 6.07) is 20.6. The highest BCUT2D eigenvalue weighted by atomic mass is 32.1. The summed E-state index contributed by atoms with van der Waals surface area (Å²) in [4.78, 5) is 3.49. The molecule has 0 atom stereocenters. The number of rotatable bonds is 4. The molecular weight excluding hydrogens is 394 g/mol. The number of fused-ring (bicyclic) bond motifs is 2. The molecule has 4 aromatic rings. The van der Waals surface area contributed by atoms with Crippen LogP contribution in [0.2, 0.25) is 0 Å². The van der Waals surface area contributed by atoms with Gasteiger partial charge < -0.3 is 14.6 Å². The van der Waals surface area contributed by atoms with Crippen LogP contribution in [-0.4, -0.2) is 30.3 Å². The maximum absolute atomic E-state index is 10.6. The Labute approximate surface area is 179 Å². The molecule has 1 N–H and O–H groups in total. The number of hydrogen-bond donors (Lipinski definition) is 1. The van der Waals surface area contributed by atoms with E-state index in [1.54, 1.807) is 24.5 Å². The largest absolute Gasteiger partial charge is 0.504 e. The Morgan fingerprint density at radius 2 is 2.00 bits per heavy atom. The predicted molar refractivity (Wildman–Crippen MR) is 122 cm³/mol. The molecule has 0 saturated heterocycles. The van der Waals surface area contributed by atoms with E-state index in [1.165, 1.54) is 16.3 Å². The molecule has 1 aliphatic heterocycles. The van der Waals surface area contributed by atoms with Crippen LogP contribution in [0.1, 0.15) is 11.1 Å². The molecule has 0 unspecified atom stereocenters. The summed E-state index contributed by atoms with van der Waals surface area (Å²) >= 11 is 1.67. The minimum atomic E-state index is 0.209. The summed E-state index contributed by atoms with van der Waals surface area (Å²) in [6.45, 7) is 2.76. The van der Waals surface area contributed by atoms with E-state index in [2.05, 4.69) is 47.4 Å². The predicted octanol–water partition coefficient (Wildman–Crippen LogP) is 5.68. The normalized spacial score (nSPS) is 14.2. The zero-order valence-electron chi connectivity index (χ0n) is 16.8. The molecule has 0 bridgehead atoms. The second kappa shape index (κ2) is 8.01. The van der Waals surface area contributed by atoms with Crippen LogP contribution in [0.5, 0.6) is 17.2 Å². The topological polar surface area (TPSA) is 41.9 Å². The third-order valence-electron chi connectivity index (χ3n) is 5.60. The highest BCUT2D eigenvalue weighted by Gasteiger charge is 2.21. The Morgan fingerprint density at radius 1 is 1.10 bits per heavy atom. The van der Waals surface area contributed by atoms with Crippen LogP contribution in [0.4, 0.5) is 0 Å². The summed E-state index contributed by atoms with van der Waals surface area (Å²) in [6.07, 6.45) is 0. The number of methoxy groups -OCH3 is 1. The van der Waals surface area contributed by atoms with E-state index < -0.39 is 0 Å². The van der Waals surface area contributed by atoms with Gasteiger partial charge in [0, 0.05) is 35.6 Å². The van der Waals surface area contributed by atoms with Crippen LogP contribution in [0.15, 0.2) is 66.0 Å². The number of hydrogen-bond acceptors (Lipinski definition) is 5. The van der Waals surface area contributed by atoms with Gasteiger partial charge in [0.2, 0.25) is 0 Å². The molecule has 0 fully saturated rings. The van der Waals surface area contributed by atoms with Crippen LogP contribution < -0.4 is 9.47 Å². The highest BCUT2D eigenvalue weighted by Crippen LogP contribution is 2.39. The van der Waals surface area contributed by atoms with Crippen LogP contribution in [-0.2, 0) is 13.1 Å². The highest BCUT2D eigenvalue weighted by molar-refractivity contribution is 7.13. The molecular formula is C25H23NO3S. The smallest absolute Gasteiger partial charge is 0.165 e. The van der Waals surface area contributed by atoms with E-state index in [0.29, 0.717) is 18.9 Å². The standard InChI is InChI=1S/C25H23NO3S/c1-28-23-9-8-17-5-2-3-6-20(17)21(23)16-26-10-11-29-25-19(15-26)13-18(14-22(25)27)24-7-4-12-30-24/h2-9,12-14,27H,10-11,15-16H2,1H3. The fourth-order valence-electron chi connectivity index (χ4n) is 4.17. The minimum absolute atomic E-state index is 0.209. The molecule has 0 aliphatic carbocycles. The van der Waals surface area contributed by atoms with E-state index in [4.69, 9.17) is 9.47 Å². The fourth-order valence-corrected chi connectivity index (χ4v) is 4.88. The zero-order chi connectivity index (χ0) is 20.5. The molecule has 2 heterocycles. The van der Waals surface area contributed by atoms with Crippen molar-refractivity contribution in [1.82, 2.24) is 4.90 Å². The monoisotopic (exact) mass is 417 g/mol. The van der Waals surface area contributed by atoms with E-state index in [-0.39, 0.29) is 5.75 Å². The molecule has 1 aromatic heterocycles. The zero-order valence-corrected chi connectivity index (χ0v) is 17.6. The van der Waals surface area contributed by atoms with Gasteiger partial charge in [0.25, 0.3) is 0 Å². The quantitative estimate of drug-likeness (QED) is 0.464. The van der Waals surface area contributed by atoms with Gasteiger partial charge >= 0.3 is 0 Å². The third kappa shape index (κ3) is 3.51. The van der Waals surface area contributed by atoms with Crippen molar-refractivity contribution in [2.45, 2.75) is 13.1 Å². The van der Waals surface area contributed by atoms with Gasteiger partial charge in [-0.15, -0.1) is 11.3 Å². The van der Waals surface area contributed by atoms with Gasteiger partial charge in [-0.25, -0.2) is 0 Å². The Hall–Kier alpha value is -3.02. The van der Waals surface area contributed by atoms with Gasteiger partial charge in [-0.3, -0.25) is 4.90 Å². The Morgan fingerprint density at radius 3 is 2.83 bits per heavy atom. The lowest BCUT2D eigenvalue weighted by atomic mass is 10.0. The number of thiophene rings is 1. The van der Waals surface area contributed by atoms with E-state index in [0.717, 1.165) is 34.8 Å². The molecule has 4 nitrogen and oxygen atoms in total. The van der Waals surface area contributed by atoms with Crippen molar-refractivity contribution in [1.29, 1.82) is 0 Å². The van der Waals surface area contributed by atoms with Gasteiger partial charge in [0.1, 0.15) is 12.4 Å². The number of aromatic hydroxyl groups is 1. The summed E-state index contributed by atoms with van der Waals surface area (Å²) in [5, 5.41) is 15.1. The van der Waals surface area contributed by atoms with Crippen molar-refractivity contribution in [2.75, 3.05) is 20.3 Å². The molecule has 1 aliphatic rings. The summed E-state index contributed by atoms with van der Waals surface area (Å²) in [5.74, 6) is 1.71. The first-order chi connectivity index (χ1) is 14.7. The molecule has 5 rings (SSSR count). The Balaban J connectivity index is 1.51. The maximum atomic E-state index is 10.6. The maximum Gasteiger partial charge on any atom is 0.165 e. The van der Waals surface area contributed by atoms with Gasteiger partial charge in [-0.05, 0) is 46.0 Å². The molecule has 152 valence electrons. The van der Waals surface area contributed by atoms with Crippen molar-refractivity contribution >= 4 is 22.1 Å². The molecule has 3 aromatic carbocycles. The van der Waals surface area contributed by atoms with Crippen molar-refractivity contribution in [3.63, 3.8) is 0 Å². The number of benzene rings is 3. The summed E-state index contributed by atoms with van der Waals surface area (Å²) in [5.41, 5.74) is 3.21.